The standard InChI is InChI=1S/C8H14OS/c1-7(2)5(9)8(3,4)6(7)10/h6,10H,1-4H3. The van der Waals surface area contributed by atoms with Gasteiger partial charge in [-0.2, -0.15) is 12.6 Å². The van der Waals surface area contributed by atoms with Crippen molar-refractivity contribution in [1.82, 2.24) is 0 Å². The molecule has 1 aliphatic rings. The molecule has 0 bridgehead atoms. The molecule has 0 atom stereocenters. The molecule has 58 valence electrons. The molecule has 0 aromatic carbocycles. The number of ketones is 1. The second kappa shape index (κ2) is 1.79. The van der Waals surface area contributed by atoms with Gasteiger partial charge in [-0.25, -0.2) is 0 Å². The summed E-state index contributed by atoms with van der Waals surface area (Å²) in [4.78, 5) is 11.4. The molecule has 1 nitrogen and oxygen atoms in total. The first kappa shape index (κ1) is 8.12. The molecule has 0 aromatic rings. The van der Waals surface area contributed by atoms with Crippen LogP contribution in [-0.4, -0.2) is 11.0 Å². The van der Waals surface area contributed by atoms with Crippen molar-refractivity contribution < 1.29 is 4.79 Å². The number of carbonyl (C=O) groups excluding carboxylic acids is 1. The zero-order chi connectivity index (χ0) is 8.15. The summed E-state index contributed by atoms with van der Waals surface area (Å²) < 4.78 is 0. The summed E-state index contributed by atoms with van der Waals surface area (Å²) in [6.45, 7) is 7.83. The molecular weight excluding hydrogens is 144 g/mol. The highest BCUT2D eigenvalue weighted by atomic mass is 32.1. The molecule has 0 aromatic heterocycles. The van der Waals surface area contributed by atoms with Gasteiger partial charge >= 0.3 is 0 Å². The summed E-state index contributed by atoms with van der Waals surface area (Å²) in [5, 5.41) is 0.215. The van der Waals surface area contributed by atoms with Gasteiger partial charge in [-0.3, -0.25) is 4.79 Å². The minimum Gasteiger partial charge on any atom is -0.298 e. The molecule has 0 amide bonds. The Balaban J connectivity index is 2.89. The number of thiol groups is 1. The molecular formula is C8H14OS. The molecule has 0 radical (unpaired) electrons. The smallest absolute Gasteiger partial charge is 0.146 e. The van der Waals surface area contributed by atoms with Crippen molar-refractivity contribution in [2.24, 2.45) is 10.8 Å². The quantitative estimate of drug-likeness (QED) is 0.533. The zero-order valence-electron chi connectivity index (χ0n) is 6.93. The Morgan fingerprint density at radius 2 is 1.50 bits per heavy atom. The number of hydrogen-bond acceptors (Lipinski definition) is 2. The molecule has 10 heavy (non-hydrogen) atoms. The van der Waals surface area contributed by atoms with E-state index in [4.69, 9.17) is 0 Å². The Morgan fingerprint density at radius 3 is 1.60 bits per heavy atom. The lowest BCUT2D eigenvalue weighted by atomic mass is 9.54. The number of hydrogen-bond donors (Lipinski definition) is 1. The van der Waals surface area contributed by atoms with Gasteiger partial charge in [0.05, 0.1) is 0 Å². The first-order valence-corrected chi connectivity index (χ1v) is 4.06. The highest BCUT2D eigenvalue weighted by Crippen LogP contribution is 2.53. The molecule has 2 heteroatoms. The van der Waals surface area contributed by atoms with Crippen LogP contribution in [0.1, 0.15) is 27.7 Å². The van der Waals surface area contributed by atoms with E-state index >= 15 is 0 Å². The number of carbonyl (C=O) groups is 1. The molecule has 0 aliphatic heterocycles. The van der Waals surface area contributed by atoms with Crippen LogP contribution in [0.5, 0.6) is 0 Å². The van der Waals surface area contributed by atoms with Gasteiger partial charge in [-0.1, -0.05) is 27.7 Å². The third-order valence-corrected chi connectivity index (χ3v) is 3.83. The molecule has 1 saturated carbocycles. The number of rotatable bonds is 0. The summed E-state index contributed by atoms with van der Waals surface area (Å²) in [7, 11) is 0. The fraction of sp³-hybridized carbons (Fsp3) is 0.875. The van der Waals surface area contributed by atoms with Crippen molar-refractivity contribution in [3.05, 3.63) is 0 Å². The van der Waals surface area contributed by atoms with Crippen molar-refractivity contribution in [3.8, 4) is 0 Å². The van der Waals surface area contributed by atoms with E-state index < -0.39 is 0 Å². The van der Waals surface area contributed by atoms with E-state index in [1.54, 1.807) is 0 Å². The third kappa shape index (κ3) is 0.685. The predicted octanol–water partition coefficient (Wildman–Crippen LogP) is 1.92. The van der Waals surface area contributed by atoms with E-state index in [0.717, 1.165) is 0 Å². The van der Waals surface area contributed by atoms with Crippen LogP contribution in [0.3, 0.4) is 0 Å². The molecule has 0 heterocycles. The Hall–Kier alpha value is 0.0200. The van der Waals surface area contributed by atoms with Crippen molar-refractivity contribution in [2.45, 2.75) is 32.9 Å². The van der Waals surface area contributed by atoms with Crippen LogP contribution in [-0.2, 0) is 4.79 Å². The van der Waals surface area contributed by atoms with E-state index in [1.165, 1.54) is 0 Å². The van der Waals surface area contributed by atoms with Crippen LogP contribution in [0, 0.1) is 10.8 Å². The second-order valence-electron chi connectivity index (χ2n) is 4.18. The van der Waals surface area contributed by atoms with Gasteiger partial charge in [-0.05, 0) is 0 Å². The Morgan fingerprint density at radius 1 is 1.20 bits per heavy atom. The van der Waals surface area contributed by atoms with Gasteiger partial charge < -0.3 is 0 Å². The lowest BCUT2D eigenvalue weighted by molar-refractivity contribution is -0.149. The maximum absolute atomic E-state index is 11.4. The van der Waals surface area contributed by atoms with Crippen LogP contribution < -0.4 is 0 Å². The van der Waals surface area contributed by atoms with E-state index in [1.807, 2.05) is 27.7 Å². The first-order valence-electron chi connectivity index (χ1n) is 3.54. The fourth-order valence-corrected chi connectivity index (χ4v) is 2.14. The Labute approximate surface area is 67.6 Å². The van der Waals surface area contributed by atoms with Crippen LogP contribution >= 0.6 is 12.6 Å². The van der Waals surface area contributed by atoms with E-state index in [-0.39, 0.29) is 16.1 Å². The average Bonchev–Trinajstić information content (AvgIpc) is 1.84. The summed E-state index contributed by atoms with van der Waals surface area (Å²) in [6.07, 6.45) is 0. The summed E-state index contributed by atoms with van der Waals surface area (Å²) >= 11 is 4.38. The predicted molar refractivity (Wildman–Crippen MR) is 45.3 cm³/mol. The summed E-state index contributed by atoms with van der Waals surface area (Å²) in [6, 6.07) is 0. The molecule has 1 fully saturated rings. The van der Waals surface area contributed by atoms with Gasteiger partial charge in [-0.15, -0.1) is 0 Å². The maximum atomic E-state index is 11.4. The van der Waals surface area contributed by atoms with E-state index in [0.29, 0.717) is 5.78 Å². The normalized spacial score (nSPS) is 29.9. The van der Waals surface area contributed by atoms with Gasteiger partial charge in [0.15, 0.2) is 0 Å². The van der Waals surface area contributed by atoms with Gasteiger partial charge in [0.2, 0.25) is 0 Å². The van der Waals surface area contributed by atoms with Gasteiger partial charge in [0, 0.05) is 16.1 Å². The topological polar surface area (TPSA) is 17.1 Å². The molecule has 0 unspecified atom stereocenters. The first-order chi connectivity index (χ1) is 4.31. The largest absolute Gasteiger partial charge is 0.298 e. The van der Waals surface area contributed by atoms with Crippen molar-refractivity contribution >= 4 is 18.4 Å². The van der Waals surface area contributed by atoms with Crippen molar-refractivity contribution in [3.63, 3.8) is 0 Å². The highest BCUT2D eigenvalue weighted by molar-refractivity contribution is 7.81. The molecule has 0 spiro atoms. The SMILES string of the molecule is CC1(C)C(=O)C(C)(C)C1S. The average molecular weight is 158 g/mol. The molecule has 0 saturated heterocycles. The lowest BCUT2D eigenvalue weighted by Gasteiger charge is -2.53. The second-order valence-corrected chi connectivity index (χ2v) is 4.69. The van der Waals surface area contributed by atoms with E-state index in [9.17, 15) is 4.79 Å². The van der Waals surface area contributed by atoms with Gasteiger partial charge in [0.1, 0.15) is 5.78 Å². The highest BCUT2D eigenvalue weighted by Gasteiger charge is 2.59. The monoisotopic (exact) mass is 158 g/mol. The summed E-state index contributed by atoms with van der Waals surface area (Å²) in [5.74, 6) is 0.333. The fourth-order valence-electron chi connectivity index (χ4n) is 1.90. The zero-order valence-corrected chi connectivity index (χ0v) is 7.83. The Bertz CT molecular complexity index is 164. The van der Waals surface area contributed by atoms with Crippen LogP contribution in [0.4, 0.5) is 0 Å². The minimum absolute atomic E-state index is 0.202. The van der Waals surface area contributed by atoms with Crippen molar-refractivity contribution in [1.29, 1.82) is 0 Å². The van der Waals surface area contributed by atoms with E-state index in [2.05, 4.69) is 12.6 Å². The van der Waals surface area contributed by atoms with Crippen molar-refractivity contribution in [2.75, 3.05) is 0 Å². The van der Waals surface area contributed by atoms with Crippen LogP contribution in [0.15, 0.2) is 0 Å². The lowest BCUT2D eigenvalue weighted by Crippen LogP contribution is -2.61. The molecule has 1 rings (SSSR count). The molecule has 0 N–H and O–H groups in total. The molecule has 1 aliphatic carbocycles. The maximum Gasteiger partial charge on any atom is 0.146 e. The van der Waals surface area contributed by atoms with Crippen LogP contribution in [0.25, 0.3) is 0 Å². The van der Waals surface area contributed by atoms with Gasteiger partial charge in [0.25, 0.3) is 0 Å². The third-order valence-electron chi connectivity index (χ3n) is 2.54. The number of Topliss-reactive ketones (excluding diaryl/α,β-unsaturated/α-hetero) is 1. The summed E-state index contributed by atoms with van der Waals surface area (Å²) in [5.41, 5.74) is -0.404. The van der Waals surface area contributed by atoms with Crippen LogP contribution in [0.2, 0.25) is 0 Å². The Kier molecular flexibility index (Phi) is 1.45. The minimum atomic E-state index is -0.202.